The van der Waals surface area contributed by atoms with Crippen molar-refractivity contribution >= 4 is 0 Å². The average molecular weight is 239 g/mol. The molecule has 1 radical (unpaired) electrons. The summed E-state index contributed by atoms with van der Waals surface area (Å²) >= 11 is 0. The Morgan fingerprint density at radius 1 is 0.647 bits per heavy atom. The zero-order valence-electron chi connectivity index (χ0n) is 12.5. The van der Waals surface area contributed by atoms with E-state index in [4.69, 9.17) is 0 Å². The fourth-order valence-corrected chi connectivity index (χ4v) is 2.59. The van der Waals surface area contributed by atoms with Crippen LogP contribution in [-0.4, -0.2) is 0 Å². The van der Waals surface area contributed by atoms with Gasteiger partial charge >= 0.3 is 0 Å². The highest BCUT2D eigenvalue weighted by Gasteiger charge is 2.07. The summed E-state index contributed by atoms with van der Waals surface area (Å²) in [6, 6.07) is 0. The molecule has 0 heteroatoms. The van der Waals surface area contributed by atoms with E-state index < -0.39 is 0 Å². The van der Waals surface area contributed by atoms with Gasteiger partial charge in [-0.1, -0.05) is 104 Å². The standard InChI is InChI=1S/C17H35/c1-4-7-10-13-16-17(14-11-8-5-2)15-12-9-6-3/h17H,2,4-16H2,1,3H3. The zero-order valence-corrected chi connectivity index (χ0v) is 12.5. The third-order valence-electron chi connectivity index (χ3n) is 3.79. The van der Waals surface area contributed by atoms with Crippen LogP contribution in [0.15, 0.2) is 0 Å². The first-order valence-electron chi connectivity index (χ1n) is 8.14. The quantitative estimate of drug-likeness (QED) is 0.320. The van der Waals surface area contributed by atoms with Gasteiger partial charge in [-0.05, 0) is 5.92 Å². The van der Waals surface area contributed by atoms with Crippen molar-refractivity contribution in [1.82, 2.24) is 0 Å². The number of rotatable bonds is 13. The van der Waals surface area contributed by atoms with Crippen LogP contribution >= 0.6 is 0 Å². The molecule has 0 fully saturated rings. The Morgan fingerprint density at radius 2 is 1.12 bits per heavy atom. The summed E-state index contributed by atoms with van der Waals surface area (Å²) in [7, 11) is 0. The van der Waals surface area contributed by atoms with E-state index in [1.165, 1.54) is 77.0 Å². The third-order valence-corrected chi connectivity index (χ3v) is 3.79. The molecule has 1 unspecified atom stereocenters. The van der Waals surface area contributed by atoms with E-state index in [2.05, 4.69) is 20.8 Å². The molecule has 0 bridgehead atoms. The van der Waals surface area contributed by atoms with Crippen LogP contribution in [0.5, 0.6) is 0 Å². The molecule has 0 aromatic heterocycles. The van der Waals surface area contributed by atoms with Gasteiger partial charge in [-0.2, -0.15) is 0 Å². The van der Waals surface area contributed by atoms with Crippen molar-refractivity contribution < 1.29 is 0 Å². The molecule has 0 aromatic rings. The molecule has 0 N–H and O–H groups in total. The Hall–Kier alpha value is 0. The van der Waals surface area contributed by atoms with Crippen LogP contribution in [0.2, 0.25) is 0 Å². The molecule has 0 amide bonds. The lowest BCUT2D eigenvalue weighted by Crippen LogP contribution is -2.01. The van der Waals surface area contributed by atoms with E-state index in [9.17, 15) is 0 Å². The minimum atomic E-state index is 1.02. The molecule has 0 aromatic carbocycles. The molecule has 0 nitrogen and oxygen atoms in total. The second-order valence-electron chi connectivity index (χ2n) is 5.56. The van der Waals surface area contributed by atoms with Gasteiger partial charge in [0.2, 0.25) is 0 Å². The van der Waals surface area contributed by atoms with Crippen LogP contribution < -0.4 is 0 Å². The lowest BCUT2D eigenvalue weighted by atomic mass is 9.90. The van der Waals surface area contributed by atoms with E-state index in [1.807, 2.05) is 0 Å². The maximum Gasteiger partial charge on any atom is -0.0414 e. The molecule has 0 rings (SSSR count). The lowest BCUT2D eigenvalue weighted by Gasteiger charge is -2.16. The van der Waals surface area contributed by atoms with Gasteiger partial charge in [-0.3, -0.25) is 0 Å². The largest absolute Gasteiger partial charge is 0.0654 e. The van der Waals surface area contributed by atoms with Gasteiger partial charge in [-0.25, -0.2) is 0 Å². The lowest BCUT2D eigenvalue weighted by molar-refractivity contribution is 0.372. The number of unbranched alkanes of at least 4 members (excludes halogenated alkanes) is 7. The van der Waals surface area contributed by atoms with Crippen LogP contribution in [0.25, 0.3) is 0 Å². The second-order valence-corrected chi connectivity index (χ2v) is 5.56. The minimum absolute atomic E-state index is 1.02. The average Bonchev–Trinajstić information content (AvgIpc) is 2.34. The number of hydrogen-bond donors (Lipinski definition) is 0. The van der Waals surface area contributed by atoms with Gasteiger partial charge in [0, 0.05) is 0 Å². The van der Waals surface area contributed by atoms with Crippen molar-refractivity contribution in [2.75, 3.05) is 0 Å². The topological polar surface area (TPSA) is 0 Å². The second kappa shape index (κ2) is 14.1. The Morgan fingerprint density at radius 3 is 1.65 bits per heavy atom. The first-order chi connectivity index (χ1) is 8.35. The maximum atomic E-state index is 3.94. The summed E-state index contributed by atoms with van der Waals surface area (Å²) in [5, 5.41) is 0. The molecule has 0 saturated heterocycles. The highest BCUT2D eigenvalue weighted by atomic mass is 14.1. The van der Waals surface area contributed by atoms with Crippen molar-refractivity contribution in [3.8, 4) is 0 Å². The first kappa shape index (κ1) is 17.0. The molecular weight excluding hydrogens is 204 g/mol. The van der Waals surface area contributed by atoms with Crippen LogP contribution in [0.3, 0.4) is 0 Å². The van der Waals surface area contributed by atoms with Gasteiger partial charge in [0.05, 0.1) is 0 Å². The fourth-order valence-electron chi connectivity index (χ4n) is 2.59. The fraction of sp³-hybridized carbons (Fsp3) is 0.941. The predicted molar refractivity (Wildman–Crippen MR) is 80.2 cm³/mol. The van der Waals surface area contributed by atoms with Crippen LogP contribution in [0.4, 0.5) is 0 Å². The summed E-state index contributed by atoms with van der Waals surface area (Å²) < 4.78 is 0. The Kier molecular flexibility index (Phi) is 14.1. The molecular formula is C17H35. The van der Waals surface area contributed by atoms with Crippen LogP contribution in [0, 0.1) is 12.8 Å². The van der Waals surface area contributed by atoms with Crippen molar-refractivity contribution in [3.63, 3.8) is 0 Å². The predicted octanol–water partition coefficient (Wildman–Crippen LogP) is 6.55. The summed E-state index contributed by atoms with van der Waals surface area (Å²) in [6.07, 6.45) is 18.3. The van der Waals surface area contributed by atoms with Gasteiger partial charge in [0.15, 0.2) is 0 Å². The molecule has 0 heterocycles. The SMILES string of the molecule is [CH2]CCCCC(CCCCC)CCCCCC. The van der Waals surface area contributed by atoms with Gasteiger partial charge in [0.25, 0.3) is 0 Å². The summed E-state index contributed by atoms with van der Waals surface area (Å²) in [5.74, 6) is 1.02. The van der Waals surface area contributed by atoms with E-state index in [1.54, 1.807) is 0 Å². The smallest absolute Gasteiger partial charge is 0.0414 e. The van der Waals surface area contributed by atoms with Crippen molar-refractivity contribution in [2.45, 2.75) is 97.3 Å². The molecule has 0 aliphatic heterocycles. The van der Waals surface area contributed by atoms with Gasteiger partial charge in [0.1, 0.15) is 0 Å². The number of hydrogen-bond acceptors (Lipinski definition) is 0. The van der Waals surface area contributed by atoms with E-state index in [0.717, 1.165) is 12.3 Å². The van der Waals surface area contributed by atoms with Crippen LogP contribution in [-0.2, 0) is 0 Å². The van der Waals surface area contributed by atoms with Crippen molar-refractivity contribution in [3.05, 3.63) is 6.92 Å². The summed E-state index contributed by atoms with van der Waals surface area (Å²) in [5.41, 5.74) is 0. The normalized spacial score (nSPS) is 11.3. The molecule has 0 spiro atoms. The van der Waals surface area contributed by atoms with Gasteiger partial charge < -0.3 is 0 Å². The Balaban J connectivity index is 3.60. The third kappa shape index (κ3) is 12.2. The Bertz CT molecular complexity index is 118. The van der Waals surface area contributed by atoms with Crippen molar-refractivity contribution in [1.29, 1.82) is 0 Å². The highest BCUT2D eigenvalue weighted by Crippen LogP contribution is 2.23. The maximum absolute atomic E-state index is 3.94. The zero-order chi connectivity index (χ0) is 12.8. The van der Waals surface area contributed by atoms with Crippen molar-refractivity contribution in [2.24, 2.45) is 5.92 Å². The molecule has 17 heavy (non-hydrogen) atoms. The molecule has 0 saturated carbocycles. The highest BCUT2D eigenvalue weighted by molar-refractivity contribution is 4.61. The van der Waals surface area contributed by atoms with E-state index >= 15 is 0 Å². The summed E-state index contributed by atoms with van der Waals surface area (Å²) in [6.45, 7) is 8.55. The summed E-state index contributed by atoms with van der Waals surface area (Å²) in [4.78, 5) is 0. The molecule has 0 aliphatic carbocycles. The molecule has 0 aliphatic rings. The first-order valence-corrected chi connectivity index (χ1v) is 8.14. The minimum Gasteiger partial charge on any atom is -0.0654 e. The molecule has 1 atom stereocenters. The Labute approximate surface area is 111 Å². The van der Waals surface area contributed by atoms with Gasteiger partial charge in [-0.15, -0.1) is 0 Å². The van der Waals surface area contributed by atoms with E-state index in [0.29, 0.717) is 0 Å². The van der Waals surface area contributed by atoms with Crippen LogP contribution in [0.1, 0.15) is 97.3 Å². The van der Waals surface area contributed by atoms with E-state index in [-0.39, 0.29) is 0 Å². The monoisotopic (exact) mass is 239 g/mol. The molecule has 103 valence electrons.